The third-order valence-electron chi connectivity index (χ3n) is 2.74. The summed E-state index contributed by atoms with van der Waals surface area (Å²) in [5, 5.41) is 8.81. The van der Waals surface area contributed by atoms with E-state index < -0.39 is 0 Å². The fourth-order valence-electron chi connectivity index (χ4n) is 1.89. The Labute approximate surface area is 70.8 Å². The zero-order valence-electron chi connectivity index (χ0n) is 8.14. The maximum Gasteiger partial charge on any atom is 0.0433 e. The molecule has 0 bridgehead atoms. The van der Waals surface area contributed by atoms with E-state index in [-0.39, 0.29) is 0 Å². The van der Waals surface area contributed by atoms with Gasteiger partial charge in [-0.25, -0.2) is 0 Å². The van der Waals surface area contributed by atoms with Crippen LogP contribution in [0.5, 0.6) is 0 Å². The van der Waals surface area contributed by atoms with E-state index in [4.69, 9.17) is 5.11 Å². The maximum absolute atomic E-state index is 8.81. The van der Waals surface area contributed by atoms with Gasteiger partial charge >= 0.3 is 0 Å². The summed E-state index contributed by atoms with van der Waals surface area (Å²) in [6.45, 7) is 7.07. The second-order valence-electron chi connectivity index (χ2n) is 3.26. The molecule has 0 rings (SSSR count). The van der Waals surface area contributed by atoms with Gasteiger partial charge < -0.3 is 5.11 Å². The van der Waals surface area contributed by atoms with Gasteiger partial charge in [0.05, 0.1) is 0 Å². The fourth-order valence-corrected chi connectivity index (χ4v) is 1.89. The molecule has 0 heterocycles. The highest BCUT2D eigenvalue weighted by molar-refractivity contribution is 4.66. The van der Waals surface area contributed by atoms with E-state index in [1.54, 1.807) is 0 Å². The average Bonchev–Trinajstić information content (AvgIpc) is 2.05. The van der Waals surface area contributed by atoms with E-state index in [0.29, 0.717) is 6.61 Å². The van der Waals surface area contributed by atoms with Gasteiger partial charge in [0.2, 0.25) is 0 Å². The van der Waals surface area contributed by atoms with Crippen LogP contribution in [0.2, 0.25) is 0 Å². The molecule has 0 aliphatic heterocycles. The van der Waals surface area contributed by atoms with E-state index in [9.17, 15) is 0 Å². The van der Waals surface area contributed by atoms with Crippen LogP contribution < -0.4 is 0 Å². The van der Waals surface area contributed by atoms with Crippen molar-refractivity contribution in [2.75, 3.05) is 6.61 Å². The van der Waals surface area contributed by atoms with Gasteiger partial charge in [-0.05, 0) is 18.3 Å². The predicted molar refractivity (Wildman–Crippen MR) is 49.6 cm³/mol. The second kappa shape index (κ2) is 6.66. The van der Waals surface area contributed by atoms with Gasteiger partial charge in [0, 0.05) is 6.61 Å². The van der Waals surface area contributed by atoms with E-state index in [0.717, 1.165) is 18.3 Å². The van der Waals surface area contributed by atoms with Crippen molar-refractivity contribution >= 4 is 0 Å². The lowest BCUT2D eigenvalue weighted by Gasteiger charge is -2.22. The molecule has 0 aliphatic rings. The molecule has 0 radical (unpaired) electrons. The minimum absolute atomic E-state index is 0.356. The van der Waals surface area contributed by atoms with Crippen molar-refractivity contribution in [1.29, 1.82) is 0 Å². The molecule has 11 heavy (non-hydrogen) atoms. The third-order valence-corrected chi connectivity index (χ3v) is 2.74. The molecule has 0 aromatic heterocycles. The number of rotatable bonds is 6. The predicted octanol–water partition coefficient (Wildman–Crippen LogP) is 2.83. The van der Waals surface area contributed by atoms with Crippen molar-refractivity contribution in [3.8, 4) is 0 Å². The van der Waals surface area contributed by atoms with E-state index in [2.05, 4.69) is 20.8 Å². The van der Waals surface area contributed by atoms with Gasteiger partial charge in [0.15, 0.2) is 0 Å². The third kappa shape index (κ3) is 3.76. The molecule has 0 aromatic rings. The first-order valence-corrected chi connectivity index (χ1v) is 4.90. The van der Waals surface area contributed by atoms with Crippen LogP contribution in [0.15, 0.2) is 0 Å². The zero-order chi connectivity index (χ0) is 8.69. The van der Waals surface area contributed by atoms with Crippen molar-refractivity contribution in [3.05, 3.63) is 0 Å². The Morgan fingerprint density at radius 1 is 0.909 bits per heavy atom. The Morgan fingerprint density at radius 3 is 1.64 bits per heavy atom. The highest BCUT2D eigenvalue weighted by atomic mass is 16.3. The first-order chi connectivity index (χ1) is 5.29. The molecule has 0 saturated carbocycles. The topological polar surface area (TPSA) is 20.2 Å². The molecule has 0 fully saturated rings. The molecule has 1 atom stereocenters. The second-order valence-corrected chi connectivity index (χ2v) is 3.26. The summed E-state index contributed by atoms with van der Waals surface area (Å²) in [6, 6.07) is 0. The highest BCUT2D eigenvalue weighted by Crippen LogP contribution is 2.24. The summed E-state index contributed by atoms with van der Waals surface area (Å²) >= 11 is 0. The van der Waals surface area contributed by atoms with Crippen LogP contribution in [-0.4, -0.2) is 11.7 Å². The maximum atomic E-state index is 8.81. The van der Waals surface area contributed by atoms with E-state index in [1.807, 2.05) is 0 Å². The minimum Gasteiger partial charge on any atom is -0.396 e. The van der Waals surface area contributed by atoms with Crippen molar-refractivity contribution in [2.45, 2.75) is 46.5 Å². The number of aliphatic hydroxyl groups is 1. The SMILES string of the molecule is CCC(CC)[C@H](CC)CCO. The van der Waals surface area contributed by atoms with Crippen LogP contribution in [0.1, 0.15) is 46.5 Å². The lowest BCUT2D eigenvalue weighted by atomic mass is 9.84. The molecule has 1 heteroatoms. The normalized spacial score (nSPS) is 13.9. The lowest BCUT2D eigenvalue weighted by molar-refractivity contribution is 0.207. The van der Waals surface area contributed by atoms with Crippen molar-refractivity contribution in [2.24, 2.45) is 11.8 Å². The molecule has 0 amide bonds. The lowest BCUT2D eigenvalue weighted by Crippen LogP contribution is -2.13. The molecular weight excluding hydrogens is 136 g/mol. The summed E-state index contributed by atoms with van der Waals surface area (Å²) < 4.78 is 0. The fraction of sp³-hybridized carbons (Fsp3) is 1.00. The van der Waals surface area contributed by atoms with Gasteiger partial charge in [-0.3, -0.25) is 0 Å². The molecule has 0 aliphatic carbocycles. The Kier molecular flexibility index (Phi) is 6.63. The smallest absolute Gasteiger partial charge is 0.0433 e. The molecule has 0 aromatic carbocycles. The number of hydrogen-bond donors (Lipinski definition) is 1. The van der Waals surface area contributed by atoms with Crippen LogP contribution in [0.25, 0.3) is 0 Å². The molecular formula is C10H22O. The van der Waals surface area contributed by atoms with Crippen molar-refractivity contribution in [3.63, 3.8) is 0 Å². The molecule has 68 valence electrons. The van der Waals surface area contributed by atoms with Crippen LogP contribution in [0.3, 0.4) is 0 Å². The van der Waals surface area contributed by atoms with Gasteiger partial charge in [-0.1, -0.05) is 40.0 Å². The first-order valence-electron chi connectivity index (χ1n) is 4.90. The van der Waals surface area contributed by atoms with Crippen molar-refractivity contribution in [1.82, 2.24) is 0 Å². The number of aliphatic hydroxyl groups excluding tert-OH is 1. The van der Waals surface area contributed by atoms with E-state index in [1.165, 1.54) is 19.3 Å². The van der Waals surface area contributed by atoms with Gasteiger partial charge in [-0.15, -0.1) is 0 Å². The van der Waals surface area contributed by atoms with Gasteiger partial charge in [0.1, 0.15) is 0 Å². The van der Waals surface area contributed by atoms with Crippen LogP contribution in [0, 0.1) is 11.8 Å². The first kappa shape index (κ1) is 11.0. The monoisotopic (exact) mass is 158 g/mol. The van der Waals surface area contributed by atoms with E-state index >= 15 is 0 Å². The van der Waals surface area contributed by atoms with Crippen LogP contribution in [0.4, 0.5) is 0 Å². The Hall–Kier alpha value is -0.0400. The largest absolute Gasteiger partial charge is 0.396 e. The summed E-state index contributed by atoms with van der Waals surface area (Å²) in [5.74, 6) is 1.57. The molecule has 1 N–H and O–H groups in total. The van der Waals surface area contributed by atoms with Crippen molar-refractivity contribution < 1.29 is 5.11 Å². The van der Waals surface area contributed by atoms with Crippen LogP contribution >= 0.6 is 0 Å². The molecule has 0 saturated heterocycles. The van der Waals surface area contributed by atoms with Gasteiger partial charge in [-0.2, -0.15) is 0 Å². The summed E-state index contributed by atoms with van der Waals surface area (Å²) in [7, 11) is 0. The highest BCUT2D eigenvalue weighted by Gasteiger charge is 2.15. The summed E-state index contributed by atoms with van der Waals surface area (Å²) in [5.41, 5.74) is 0. The van der Waals surface area contributed by atoms with Gasteiger partial charge in [0.25, 0.3) is 0 Å². The summed E-state index contributed by atoms with van der Waals surface area (Å²) in [6.07, 6.45) is 4.72. The average molecular weight is 158 g/mol. The molecule has 0 spiro atoms. The quantitative estimate of drug-likeness (QED) is 0.630. The Balaban J connectivity index is 3.76. The number of hydrogen-bond acceptors (Lipinski definition) is 1. The molecule has 0 unspecified atom stereocenters. The Bertz CT molecular complexity index is 76.9. The zero-order valence-corrected chi connectivity index (χ0v) is 8.14. The molecule has 1 nitrogen and oxygen atoms in total. The summed E-state index contributed by atoms with van der Waals surface area (Å²) in [4.78, 5) is 0. The van der Waals surface area contributed by atoms with Crippen LogP contribution in [-0.2, 0) is 0 Å². The standard InChI is InChI=1S/C10H22O/c1-4-9(5-2)10(6-3)7-8-11/h9-11H,4-8H2,1-3H3/t10-/m1/s1. The minimum atomic E-state index is 0.356. The Morgan fingerprint density at radius 2 is 1.36 bits per heavy atom.